The van der Waals surface area contributed by atoms with E-state index in [9.17, 15) is 0 Å². The highest BCUT2D eigenvalue weighted by Gasteiger charge is 2.21. The fourth-order valence-electron chi connectivity index (χ4n) is 1.25. The monoisotopic (exact) mass is 240 g/mol. The quantitative estimate of drug-likeness (QED) is 0.794. The van der Waals surface area contributed by atoms with E-state index in [1.807, 2.05) is 24.3 Å². The van der Waals surface area contributed by atoms with Crippen LogP contribution in [0.4, 0.5) is 0 Å². The van der Waals surface area contributed by atoms with E-state index in [4.69, 9.17) is 23.8 Å². The summed E-state index contributed by atoms with van der Waals surface area (Å²) in [7, 11) is 0. The molecule has 2 rings (SSSR count). The van der Waals surface area contributed by atoms with Gasteiger partial charge in [-0.25, -0.2) is 0 Å². The normalized spacial score (nSPS) is 14.7. The summed E-state index contributed by atoms with van der Waals surface area (Å²) in [5.41, 5.74) is 1.18. The predicted molar refractivity (Wildman–Crippen MR) is 67.0 cm³/mol. The van der Waals surface area contributed by atoms with E-state index in [2.05, 4.69) is 10.6 Å². The molecule has 0 spiro atoms. The zero-order valence-electron chi connectivity index (χ0n) is 8.29. The molecule has 0 unspecified atom stereocenters. The Hall–Kier alpha value is -0.800. The van der Waals surface area contributed by atoms with Crippen LogP contribution in [0.3, 0.4) is 0 Å². The average molecular weight is 241 g/mol. The van der Waals surface area contributed by atoms with Gasteiger partial charge in [0.05, 0.1) is 0 Å². The van der Waals surface area contributed by atoms with Gasteiger partial charge in [-0.2, -0.15) is 0 Å². The van der Waals surface area contributed by atoms with E-state index < -0.39 is 0 Å². The molecule has 0 radical (unpaired) electrons. The molecule has 0 aromatic heterocycles. The maximum Gasteiger partial charge on any atom is 0.166 e. The van der Waals surface area contributed by atoms with Crippen molar-refractivity contribution in [2.45, 2.75) is 25.4 Å². The summed E-state index contributed by atoms with van der Waals surface area (Å²) in [6.07, 6.45) is 2.48. The smallest absolute Gasteiger partial charge is 0.166 e. The number of thiocarbonyl (C=S) groups is 1. The first-order valence-electron chi connectivity index (χ1n) is 5.03. The Balaban J connectivity index is 1.76. The molecular formula is C11H13ClN2S. The van der Waals surface area contributed by atoms with Gasteiger partial charge >= 0.3 is 0 Å². The largest absolute Gasteiger partial charge is 0.360 e. The molecule has 1 aromatic carbocycles. The summed E-state index contributed by atoms with van der Waals surface area (Å²) in [6.45, 7) is 0.746. The van der Waals surface area contributed by atoms with Crippen molar-refractivity contribution in [2.24, 2.45) is 0 Å². The fourth-order valence-corrected chi connectivity index (χ4v) is 1.61. The van der Waals surface area contributed by atoms with Crippen molar-refractivity contribution in [3.63, 3.8) is 0 Å². The molecule has 2 nitrogen and oxygen atoms in total. The molecule has 80 valence electrons. The predicted octanol–water partition coefficient (Wildman–Crippen LogP) is 2.47. The third-order valence-electron chi connectivity index (χ3n) is 2.28. The first kappa shape index (κ1) is 10.7. The van der Waals surface area contributed by atoms with E-state index in [0.29, 0.717) is 6.04 Å². The Labute approximate surface area is 100 Å². The lowest BCUT2D eigenvalue weighted by Gasteiger charge is -2.09. The second kappa shape index (κ2) is 4.81. The van der Waals surface area contributed by atoms with Gasteiger partial charge < -0.3 is 10.6 Å². The van der Waals surface area contributed by atoms with Gasteiger partial charge in [0.1, 0.15) is 0 Å². The van der Waals surface area contributed by atoms with Gasteiger partial charge in [0.2, 0.25) is 0 Å². The van der Waals surface area contributed by atoms with E-state index in [1.165, 1.54) is 18.4 Å². The third-order valence-corrected chi connectivity index (χ3v) is 2.79. The average Bonchev–Trinajstić information content (AvgIpc) is 3.01. The van der Waals surface area contributed by atoms with E-state index in [-0.39, 0.29) is 0 Å². The number of benzene rings is 1. The number of hydrogen-bond acceptors (Lipinski definition) is 1. The summed E-state index contributed by atoms with van der Waals surface area (Å²) < 4.78 is 0. The van der Waals surface area contributed by atoms with Crippen molar-refractivity contribution < 1.29 is 0 Å². The highest BCUT2D eigenvalue weighted by molar-refractivity contribution is 7.80. The van der Waals surface area contributed by atoms with Gasteiger partial charge in [-0.05, 0) is 42.8 Å². The summed E-state index contributed by atoms with van der Waals surface area (Å²) in [6, 6.07) is 8.37. The zero-order valence-corrected chi connectivity index (χ0v) is 9.87. The highest BCUT2D eigenvalue weighted by atomic mass is 35.5. The number of halogens is 1. The molecule has 0 amide bonds. The van der Waals surface area contributed by atoms with Crippen molar-refractivity contribution in [3.8, 4) is 0 Å². The van der Waals surface area contributed by atoms with Crippen LogP contribution in [-0.2, 0) is 6.54 Å². The third kappa shape index (κ3) is 3.68. The molecule has 1 saturated carbocycles. The maximum absolute atomic E-state index is 5.79. The Kier molecular flexibility index (Phi) is 3.44. The number of nitrogens with one attached hydrogen (secondary N) is 2. The summed E-state index contributed by atoms with van der Waals surface area (Å²) in [5.74, 6) is 0. The van der Waals surface area contributed by atoms with Crippen LogP contribution < -0.4 is 10.6 Å². The van der Waals surface area contributed by atoms with Gasteiger partial charge in [-0.3, -0.25) is 0 Å². The lowest BCUT2D eigenvalue weighted by molar-refractivity contribution is 0.829. The minimum Gasteiger partial charge on any atom is -0.360 e. The zero-order chi connectivity index (χ0) is 10.7. The van der Waals surface area contributed by atoms with Crippen molar-refractivity contribution in [1.82, 2.24) is 10.6 Å². The van der Waals surface area contributed by atoms with E-state index in [0.717, 1.165) is 16.7 Å². The topological polar surface area (TPSA) is 24.1 Å². The molecule has 2 N–H and O–H groups in total. The first-order chi connectivity index (χ1) is 7.24. The molecule has 4 heteroatoms. The second-order valence-electron chi connectivity index (χ2n) is 3.73. The standard InChI is InChI=1S/C11H13ClN2S/c12-9-3-1-8(2-4-9)7-13-11(15)14-10-5-6-10/h1-4,10H,5-7H2,(H2,13,14,15). The molecule has 1 aliphatic rings. The SMILES string of the molecule is S=C(NCc1ccc(Cl)cc1)NC1CC1. The van der Waals surface area contributed by atoms with E-state index in [1.54, 1.807) is 0 Å². The van der Waals surface area contributed by atoms with Crippen molar-refractivity contribution >= 4 is 28.9 Å². The minimum atomic E-state index is 0.607. The Morgan fingerprint density at radius 1 is 1.33 bits per heavy atom. The first-order valence-corrected chi connectivity index (χ1v) is 5.81. The summed E-state index contributed by atoms with van der Waals surface area (Å²) >= 11 is 10.9. The molecule has 0 atom stereocenters. The lowest BCUT2D eigenvalue weighted by atomic mass is 10.2. The highest BCUT2D eigenvalue weighted by Crippen LogP contribution is 2.18. The Bertz CT molecular complexity index is 346. The van der Waals surface area contributed by atoms with Crippen molar-refractivity contribution in [2.75, 3.05) is 0 Å². The fraction of sp³-hybridized carbons (Fsp3) is 0.364. The van der Waals surface area contributed by atoms with Crippen LogP contribution in [0, 0.1) is 0 Å². The number of rotatable bonds is 3. The van der Waals surface area contributed by atoms with Crippen LogP contribution in [0.15, 0.2) is 24.3 Å². The second-order valence-corrected chi connectivity index (χ2v) is 4.57. The molecular weight excluding hydrogens is 228 g/mol. The Morgan fingerprint density at radius 3 is 2.60 bits per heavy atom. The molecule has 0 saturated heterocycles. The van der Waals surface area contributed by atoms with Crippen LogP contribution in [0.25, 0.3) is 0 Å². The molecule has 0 aliphatic heterocycles. The molecule has 0 heterocycles. The van der Waals surface area contributed by atoms with Gasteiger partial charge in [-0.15, -0.1) is 0 Å². The van der Waals surface area contributed by atoms with E-state index >= 15 is 0 Å². The summed E-state index contributed by atoms with van der Waals surface area (Å²) in [4.78, 5) is 0. The molecule has 15 heavy (non-hydrogen) atoms. The van der Waals surface area contributed by atoms with Gasteiger partial charge in [0.25, 0.3) is 0 Å². The maximum atomic E-state index is 5.79. The Morgan fingerprint density at radius 2 is 2.00 bits per heavy atom. The summed E-state index contributed by atoms with van der Waals surface area (Å²) in [5, 5.41) is 7.90. The van der Waals surface area contributed by atoms with Crippen LogP contribution in [0.5, 0.6) is 0 Å². The van der Waals surface area contributed by atoms with Crippen LogP contribution in [0.1, 0.15) is 18.4 Å². The van der Waals surface area contributed by atoms with Crippen LogP contribution in [0.2, 0.25) is 5.02 Å². The molecule has 0 bridgehead atoms. The molecule has 1 aliphatic carbocycles. The lowest BCUT2D eigenvalue weighted by Crippen LogP contribution is -2.35. The minimum absolute atomic E-state index is 0.607. The van der Waals surface area contributed by atoms with Gasteiger partial charge in [0.15, 0.2) is 5.11 Å². The van der Waals surface area contributed by atoms with Crippen molar-refractivity contribution in [3.05, 3.63) is 34.9 Å². The van der Waals surface area contributed by atoms with Crippen LogP contribution >= 0.6 is 23.8 Å². The number of hydrogen-bond donors (Lipinski definition) is 2. The van der Waals surface area contributed by atoms with Gasteiger partial charge in [0, 0.05) is 17.6 Å². The molecule has 1 aromatic rings. The van der Waals surface area contributed by atoms with Crippen LogP contribution in [-0.4, -0.2) is 11.2 Å². The van der Waals surface area contributed by atoms with Crippen molar-refractivity contribution in [1.29, 1.82) is 0 Å². The van der Waals surface area contributed by atoms with Gasteiger partial charge in [-0.1, -0.05) is 23.7 Å². The molecule has 1 fully saturated rings.